The molecule has 0 radical (unpaired) electrons. The first kappa shape index (κ1) is 34.0. The molecule has 0 saturated carbocycles. The van der Waals surface area contributed by atoms with Gasteiger partial charge in [-0.2, -0.15) is 0 Å². The standard InChI is InChI=1S/C56H39N/c1-4-17-40(18-5-1)44-24-14-25-45(37-44)41-33-35-48(36-34-41)57(56-51(42-19-6-2-7-20-42)31-16-32-52(56)43-21-8-3-9-22-43)49-27-15-26-46(38-49)55-39-47-23-10-11-28-50(47)53-29-12-13-30-54(53)55/h1-39H. The van der Waals surface area contributed by atoms with E-state index in [-0.39, 0.29) is 0 Å². The van der Waals surface area contributed by atoms with Crippen LogP contribution in [0.1, 0.15) is 0 Å². The van der Waals surface area contributed by atoms with Crippen molar-refractivity contribution in [3.05, 3.63) is 237 Å². The Balaban J connectivity index is 1.19. The van der Waals surface area contributed by atoms with Gasteiger partial charge in [-0.15, -0.1) is 0 Å². The van der Waals surface area contributed by atoms with Crippen LogP contribution in [0.25, 0.3) is 77.2 Å². The van der Waals surface area contributed by atoms with E-state index < -0.39 is 0 Å². The Bertz CT molecular complexity index is 2930. The molecule has 10 aromatic rings. The molecule has 1 heteroatoms. The third-order valence-corrected chi connectivity index (χ3v) is 11.0. The van der Waals surface area contributed by atoms with E-state index in [4.69, 9.17) is 0 Å². The summed E-state index contributed by atoms with van der Waals surface area (Å²) in [6.07, 6.45) is 0. The SMILES string of the molecule is c1ccc(-c2cccc(-c3ccc(N(c4cccc(-c5cc6ccccc6c6ccccc56)c4)c4c(-c5ccccc5)cccc4-c4ccccc4)cc3)c2)cc1. The maximum absolute atomic E-state index is 2.46. The monoisotopic (exact) mass is 725 g/mol. The van der Waals surface area contributed by atoms with Gasteiger partial charge in [0.25, 0.3) is 0 Å². The number of benzene rings is 10. The number of para-hydroxylation sites is 1. The zero-order valence-corrected chi connectivity index (χ0v) is 31.5. The largest absolute Gasteiger partial charge is 0.309 e. The van der Waals surface area contributed by atoms with E-state index in [1.165, 1.54) is 66.1 Å². The van der Waals surface area contributed by atoms with E-state index in [2.05, 4.69) is 241 Å². The molecule has 0 N–H and O–H groups in total. The topological polar surface area (TPSA) is 3.24 Å². The molecule has 0 saturated heterocycles. The molecule has 0 atom stereocenters. The number of hydrogen-bond acceptors (Lipinski definition) is 1. The van der Waals surface area contributed by atoms with Crippen LogP contribution >= 0.6 is 0 Å². The Hall–Kier alpha value is -7.48. The molecule has 57 heavy (non-hydrogen) atoms. The average molecular weight is 726 g/mol. The molecule has 0 aliphatic carbocycles. The second-order valence-electron chi connectivity index (χ2n) is 14.5. The molecule has 0 aliphatic rings. The minimum absolute atomic E-state index is 1.08. The smallest absolute Gasteiger partial charge is 0.0618 e. The fourth-order valence-electron chi connectivity index (χ4n) is 8.31. The average Bonchev–Trinajstić information content (AvgIpc) is 3.30. The van der Waals surface area contributed by atoms with E-state index in [1.807, 2.05) is 0 Å². The molecule has 10 aromatic carbocycles. The lowest BCUT2D eigenvalue weighted by atomic mass is 9.92. The second kappa shape index (κ2) is 15.0. The molecule has 10 rings (SSSR count). The van der Waals surface area contributed by atoms with Crippen LogP contribution in [-0.4, -0.2) is 0 Å². The van der Waals surface area contributed by atoms with E-state index >= 15 is 0 Å². The normalized spacial score (nSPS) is 11.2. The Morgan fingerprint density at radius 2 is 0.702 bits per heavy atom. The highest BCUT2D eigenvalue weighted by Crippen LogP contribution is 2.48. The maximum Gasteiger partial charge on any atom is 0.0618 e. The maximum atomic E-state index is 2.46. The molecule has 0 fully saturated rings. The summed E-state index contributed by atoms with van der Waals surface area (Å²) in [5.41, 5.74) is 15.2. The van der Waals surface area contributed by atoms with Gasteiger partial charge in [0.15, 0.2) is 0 Å². The van der Waals surface area contributed by atoms with Crippen LogP contribution in [0.15, 0.2) is 237 Å². The van der Waals surface area contributed by atoms with Crippen LogP contribution in [0.3, 0.4) is 0 Å². The van der Waals surface area contributed by atoms with Gasteiger partial charge in [-0.25, -0.2) is 0 Å². The lowest BCUT2D eigenvalue weighted by Gasteiger charge is -2.31. The van der Waals surface area contributed by atoms with Crippen molar-refractivity contribution in [2.24, 2.45) is 0 Å². The van der Waals surface area contributed by atoms with Crippen molar-refractivity contribution in [1.29, 1.82) is 0 Å². The van der Waals surface area contributed by atoms with Crippen molar-refractivity contribution in [1.82, 2.24) is 0 Å². The van der Waals surface area contributed by atoms with Crippen LogP contribution in [0.2, 0.25) is 0 Å². The molecule has 0 aliphatic heterocycles. The summed E-state index contributed by atoms with van der Waals surface area (Å²) in [7, 11) is 0. The molecule has 268 valence electrons. The zero-order valence-electron chi connectivity index (χ0n) is 31.5. The van der Waals surface area contributed by atoms with E-state index in [9.17, 15) is 0 Å². The second-order valence-corrected chi connectivity index (χ2v) is 14.5. The van der Waals surface area contributed by atoms with Gasteiger partial charge in [-0.1, -0.05) is 200 Å². The first-order valence-electron chi connectivity index (χ1n) is 19.6. The quantitative estimate of drug-likeness (QED) is 0.141. The Morgan fingerprint density at radius 3 is 1.35 bits per heavy atom. The zero-order chi connectivity index (χ0) is 38.0. The summed E-state index contributed by atoms with van der Waals surface area (Å²) in [5, 5.41) is 5.02. The van der Waals surface area contributed by atoms with Crippen molar-refractivity contribution >= 4 is 38.6 Å². The molecule has 0 bridgehead atoms. The summed E-state index contributed by atoms with van der Waals surface area (Å²) < 4.78 is 0. The summed E-state index contributed by atoms with van der Waals surface area (Å²) >= 11 is 0. The van der Waals surface area contributed by atoms with E-state index in [1.54, 1.807) is 0 Å². The van der Waals surface area contributed by atoms with Gasteiger partial charge in [-0.3, -0.25) is 0 Å². The van der Waals surface area contributed by atoms with Crippen LogP contribution in [-0.2, 0) is 0 Å². The van der Waals surface area contributed by atoms with Crippen LogP contribution in [0.4, 0.5) is 17.1 Å². The van der Waals surface area contributed by atoms with Crippen molar-refractivity contribution < 1.29 is 0 Å². The van der Waals surface area contributed by atoms with Gasteiger partial charge in [0.1, 0.15) is 0 Å². The summed E-state index contributed by atoms with van der Waals surface area (Å²) in [5.74, 6) is 0. The van der Waals surface area contributed by atoms with Gasteiger partial charge in [-0.05, 0) is 102 Å². The van der Waals surface area contributed by atoms with Crippen molar-refractivity contribution in [2.45, 2.75) is 0 Å². The van der Waals surface area contributed by atoms with Crippen molar-refractivity contribution in [3.8, 4) is 55.6 Å². The fourth-order valence-corrected chi connectivity index (χ4v) is 8.31. The first-order valence-corrected chi connectivity index (χ1v) is 19.6. The highest BCUT2D eigenvalue weighted by Gasteiger charge is 2.23. The van der Waals surface area contributed by atoms with E-state index in [0.717, 1.165) is 28.2 Å². The molecule has 0 heterocycles. The minimum Gasteiger partial charge on any atom is -0.309 e. The number of hydrogen-bond donors (Lipinski definition) is 0. The van der Waals surface area contributed by atoms with Crippen LogP contribution in [0, 0.1) is 0 Å². The molecule has 0 aromatic heterocycles. The highest BCUT2D eigenvalue weighted by molar-refractivity contribution is 6.14. The van der Waals surface area contributed by atoms with Crippen LogP contribution in [0.5, 0.6) is 0 Å². The third kappa shape index (κ3) is 6.56. The third-order valence-electron chi connectivity index (χ3n) is 11.0. The molecule has 0 amide bonds. The molecular formula is C56H39N. The van der Waals surface area contributed by atoms with Gasteiger partial charge in [0.05, 0.1) is 5.69 Å². The van der Waals surface area contributed by atoms with Gasteiger partial charge in [0, 0.05) is 22.5 Å². The lowest BCUT2D eigenvalue weighted by molar-refractivity contribution is 1.28. The number of nitrogens with zero attached hydrogens (tertiary/aromatic N) is 1. The van der Waals surface area contributed by atoms with E-state index in [0.29, 0.717) is 0 Å². The Morgan fingerprint density at radius 1 is 0.228 bits per heavy atom. The van der Waals surface area contributed by atoms with Crippen molar-refractivity contribution in [2.75, 3.05) is 4.90 Å². The van der Waals surface area contributed by atoms with Crippen LogP contribution < -0.4 is 4.90 Å². The number of rotatable bonds is 8. The van der Waals surface area contributed by atoms with Gasteiger partial charge in [0.2, 0.25) is 0 Å². The number of anilines is 3. The highest BCUT2D eigenvalue weighted by atomic mass is 15.1. The predicted molar refractivity (Wildman–Crippen MR) is 243 cm³/mol. The molecular weight excluding hydrogens is 687 g/mol. The predicted octanol–water partition coefficient (Wildman–Crippen LogP) is 15.8. The fraction of sp³-hybridized carbons (Fsp3) is 0. The Labute approximate surface area is 334 Å². The Kier molecular flexibility index (Phi) is 8.95. The minimum atomic E-state index is 1.08. The summed E-state index contributed by atoms with van der Waals surface area (Å²) in [6, 6.07) is 85.7. The number of fused-ring (bicyclic) bond motifs is 3. The van der Waals surface area contributed by atoms with Crippen molar-refractivity contribution in [3.63, 3.8) is 0 Å². The summed E-state index contributed by atoms with van der Waals surface area (Å²) in [4.78, 5) is 2.46. The molecule has 0 unspecified atom stereocenters. The lowest BCUT2D eigenvalue weighted by Crippen LogP contribution is -2.13. The molecule has 1 nitrogen and oxygen atoms in total. The molecule has 0 spiro atoms. The first-order chi connectivity index (χ1) is 28.3. The summed E-state index contributed by atoms with van der Waals surface area (Å²) in [6.45, 7) is 0. The van der Waals surface area contributed by atoms with Gasteiger partial charge >= 0.3 is 0 Å². The van der Waals surface area contributed by atoms with Gasteiger partial charge < -0.3 is 4.90 Å².